The van der Waals surface area contributed by atoms with Gasteiger partial charge in [-0.25, -0.2) is 0 Å². The summed E-state index contributed by atoms with van der Waals surface area (Å²) >= 11 is 0. The van der Waals surface area contributed by atoms with Gasteiger partial charge in [0.05, 0.1) is 0 Å². The van der Waals surface area contributed by atoms with E-state index in [0.717, 1.165) is 5.41 Å². The third-order valence-electron chi connectivity index (χ3n) is 4.52. The molecule has 2 rings (SSSR count). The fourth-order valence-corrected chi connectivity index (χ4v) is 3.43. The Morgan fingerprint density at radius 2 is 1.88 bits per heavy atom. The van der Waals surface area contributed by atoms with Crippen molar-refractivity contribution < 1.29 is 5.11 Å². The van der Waals surface area contributed by atoms with Crippen LogP contribution < -0.4 is 0 Å². The highest BCUT2D eigenvalue weighted by atomic mass is 16.3. The summed E-state index contributed by atoms with van der Waals surface area (Å²) in [4.78, 5) is 2.62. The number of aliphatic hydroxyl groups is 1. The molecule has 1 heterocycles. The van der Waals surface area contributed by atoms with Gasteiger partial charge in [0.2, 0.25) is 0 Å². The molecule has 2 nitrogen and oxygen atoms in total. The Kier molecular flexibility index (Phi) is 4.26. The van der Waals surface area contributed by atoms with Crippen molar-refractivity contribution in [1.29, 1.82) is 0 Å². The molecule has 1 saturated heterocycles. The molecule has 0 aromatic rings. The summed E-state index contributed by atoms with van der Waals surface area (Å²) < 4.78 is 0. The molecule has 16 heavy (non-hydrogen) atoms. The number of nitrogens with zero attached hydrogens (tertiary/aromatic N) is 1. The Labute approximate surface area is 100 Å². The molecular formula is C14H27NO. The van der Waals surface area contributed by atoms with Crippen molar-refractivity contribution in [3.63, 3.8) is 0 Å². The molecule has 1 aliphatic carbocycles. The van der Waals surface area contributed by atoms with Gasteiger partial charge in [-0.15, -0.1) is 0 Å². The molecule has 2 fully saturated rings. The van der Waals surface area contributed by atoms with E-state index in [9.17, 15) is 0 Å². The highest BCUT2D eigenvalue weighted by molar-refractivity contribution is 4.96. The summed E-state index contributed by atoms with van der Waals surface area (Å²) in [6.07, 6.45) is 9.81. The normalized spacial score (nSPS) is 26.6. The van der Waals surface area contributed by atoms with Gasteiger partial charge in [-0.2, -0.15) is 0 Å². The van der Waals surface area contributed by atoms with Gasteiger partial charge in [0.1, 0.15) is 0 Å². The van der Waals surface area contributed by atoms with Crippen LogP contribution in [-0.4, -0.2) is 36.2 Å². The average molecular weight is 225 g/mol. The molecule has 1 spiro atoms. The monoisotopic (exact) mass is 225 g/mol. The van der Waals surface area contributed by atoms with Crippen LogP contribution in [0.5, 0.6) is 0 Å². The van der Waals surface area contributed by atoms with Gasteiger partial charge in [0.25, 0.3) is 0 Å². The van der Waals surface area contributed by atoms with E-state index in [1.165, 1.54) is 64.6 Å². The smallest absolute Gasteiger partial charge is 0.0456 e. The molecule has 1 saturated carbocycles. The lowest BCUT2D eigenvalue weighted by Gasteiger charge is -2.52. The molecule has 0 radical (unpaired) electrons. The summed E-state index contributed by atoms with van der Waals surface area (Å²) in [6.45, 7) is 6.47. The lowest BCUT2D eigenvalue weighted by molar-refractivity contribution is -0.0290. The van der Waals surface area contributed by atoms with Crippen LogP contribution in [0, 0.1) is 11.3 Å². The van der Waals surface area contributed by atoms with Gasteiger partial charge in [-0.1, -0.05) is 26.2 Å². The third kappa shape index (κ3) is 2.98. The van der Waals surface area contributed by atoms with Crippen molar-refractivity contribution in [3.8, 4) is 0 Å². The Hall–Kier alpha value is -0.0800. The van der Waals surface area contributed by atoms with Crippen molar-refractivity contribution in [3.05, 3.63) is 0 Å². The van der Waals surface area contributed by atoms with Gasteiger partial charge in [0, 0.05) is 19.7 Å². The molecular weight excluding hydrogens is 198 g/mol. The Bertz CT molecular complexity index is 203. The molecule has 1 aliphatic heterocycles. The molecule has 1 unspecified atom stereocenters. The highest BCUT2D eigenvalue weighted by Gasteiger charge is 2.42. The molecule has 0 aromatic carbocycles. The van der Waals surface area contributed by atoms with Gasteiger partial charge < -0.3 is 10.0 Å². The topological polar surface area (TPSA) is 23.5 Å². The van der Waals surface area contributed by atoms with E-state index < -0.39 is 0 Å². The minimum Gasteiger partial charge on any atom is -0.396 e. The lowest BCUT2D eigenvalue weighted by atomic mass is 9.68. The number of aliphatic hydroxyl groups excluding tert-OH is 1. The van der Waals surface area contributed by atoms with Gasteiger partial charge >= 0.3 is 0 Å². The van der Waals surface area contributed by atoms with Crippen molar-refractivity contribution >= 4 is 0 Å². The lowest BCUT2D eigenvalue weighted by Crippen LogP contribution is -2.57. The maximum absolute atomic E-state index is 8.96. The van der Waals surface area contributed by atoms with Crippen LogP contribution in [-0.2, 0) is 0 Å². The minimum atomic E-state index is 0.351. The number of hydrogen-bond acceptors (Lipinski definition) is 2. The largest absolute Gasteiger partial charge is 0.396 e. The molecule has 1 N–H and O–H groups in total. The van der Waals surface area contributed by atoms with Crippen LogP contribution >= 0.6 is 0 Å². The minimum absolute atomic E-state index is 0.351. The molecule has 0 bridgehead atoms. The molecule has 94 valence electrons. The van der Waals surface area contributed by atoms with Crippen molar-refractivity contribution in [1.82, 2.24) is 4.90 Å². The average Bonchev–Trinajstić information content (AvgIpc) is 2.28. The van der Waals surface area contributed by atoms with Gasteiger partial charge in [-0.05, 0) is 43.6 Å². The molecule has 0 amide bonds. The first-order valence-corrected chi connectivity index (χ1v) is 7.07. The standard InChI is InChI=1S/C14H27NO/c1-13(10-16)6-5-9-15-11-14(12-15)7-3-2-4-8-14/h13,16H,2-12H2,1H3. The first kappa shape index (κ1) is 12.4. The quantitative estimate of drug-likeness (QED) is 0.777. The molecule has 2 aliphatic rings. The van der Waals surface area contributed by atoms with Crippen LogP contribution in [0.1, 0.15) is 51.9 Å². The second kappa shape index (κ2) is 5.50. The number of hydrogen-bond donors (Lipinski definition) is 1. The first-order valence-electron chi connectivity index (χ1n) is 7.07. The summed E-state index contributed by atoms with van der Waals surface area (Å²) in [5.74, 6) is 0.491. The fourth-order valence-electron chi connectivity index (χ4n) is 3.43. The molecule has 0 aromatic heterocycles. The van der Waals surface area contributed by atoms with E-state index >= 15 is 0 Å². The predicted molar refractivity (Wildman–Crippen MR) is 67.4 cm³/mol. The molecule has 2 heteroatoms. The predicted octanol–water partition coefficient (Wildman–Crippen LogP) is 2.66. The summed E-state index contributed by atoms with van der Waals surface area (Å²) in [5.41, 5.74) is 0.737. The SMILES string of the molecule is CC(CO)CCCN1CC2(CCCCC2)C1. The zero-order valence-corrected chi connectivity index (χ0v) is 10.7. The summed E-state index contributed by atoms with van der Waals surface area (Å²) in [5, 5.41) is 8.96. The van der Waals surface area contributed by atoms with Crippen LogP contribution in [0.25, 0.3) is 0 Å². The summed E-state index contributed by atoms with van der Waals surface area (Å²) in [7, 11) is 0. The second-order valence-electron chi connectivity index (χ2n) is 6.20. The van der Waals surface area contributed by atoms with Crippen LogP contribution in [0.4, 0.5) is 0 Å². The van der Waals surface area contributed by atoms with Crippen molar-refractivity contribution in [2.75, 3.05) is 26.2 Å². The van der Waals surface area contributed by atoms with Crippen LogP contribution in [0.2, 0.25) is 0 Å². The summed E-state index contributed by atoms with van der Waals surface area (Å²) in [6, 6.07) is 0. The zero-order chi connectivity index (χ0) is 11.4. The van der Waals surface area contributed by atoms with E-state index in [1.807, 2.05) is 0 Å². The zero-order valence-electron chi connectivity index (χ0n) is 10.7. The Morgan fingerprint density at radius 3 is 2.50 bits per heavy atom. The van der Waals surface area contributed by atoms with E-state index in [1.54, 1.807) is 0 Å². The number of likely N-dealkylation sites (tertiary alicyclic amines) is 1. The number of rotatable bonds is 5. The van der Waals surface area contributed by atoms with Crippen molar-refractivity contribution in [2.45, 2.75) is 51.9 Å². The van der Waals surface area contributed by atoms with Gasteiger partial charge in [-0.3, -0.25) is 0 Å². The maximum Gasteiger partial charge on any atom is 0.0456 e. The highest BCUT2D eigenvalue weighted by Crippen LogP contribution is 2.43. The Balaban J connectivity index is 1.57. The third-order valence-corrected chi connectivity index (χ3v) is 4.52. The second-order valence-corrected chi connectivity index (χ2v) is 6.20. The van der Waals surface area contributed by atoms with Crippen LogP contribution in [0.15, 0.2) is 0 Å². The van der Waals surface area contributed by atoms with E-state index in [0.29, 0.717) is 12.5 Å². The fraction of sp³-hybridized carbons (Fsp3) is 1.00. The van der Waals surface area contributed by atoms with Crippen LogP contribution in [0.3, 0.4) is 0 Å². The molecule has 1 atom stereocenters. The maximum atomic E-state index is 8.96. The van der Waals surface area contributed by atoms with E-state index in [-0.39, 0.29) is 0 Å². The van der Waals surface area contributed by atoms with Crippen molar-refractivity contribution in [2.24, 2.45) is 11.3 Å². The first-order chi connectivity index (χ1) is 7.74. The van der Waals surface area contributed by atoms with E-state index in [4.69, 9.17) is 5.11 Å². The van der Waals surface area contributed by atoms with Gasteiger partial charge in [0.15, 0.2) is 0 Å². The Morgan fingerprint density at radius 1 is 1.19 bits per heavy atom. The van der Waals surface area contributed by atoms with E-state index in [2.05, 4.69) is 11.8 Å².